The molecule has 0 spiro atoms. The maximum atomic E-state index is 14.6. The highest BCUT2D eigenvalue weighted by Crippen LogP contribution is 2.60. The van der Waals surface area contributed by atoms with Crippen molar-refractivity contribution in [2.24, 2.45) is 23.5 Å². The van der Waals surface area contributed by atoms with Gasteiger partial charge in [-0.15, -0.1) is 0 Å². The maximum Gasteiger partial charge on any atom is 0.350 e. The Morgan fingerprint density at radius 3 is 2.67 bits per heavy atom. The minimum atomic E-state index is -2.15. The summed E-state index contributed by atoms with van der Waals surface area (Å²) in [4.78, 5) is 43.3. The van der Waals surface area contributed by atoms with Gasteiger partial charge in [0.05, 0.1) is 12.4 Å². The lowest BCUT2D eigenvalue weighted by molar-refractivity contribution is -0.159. The quantitative estimate of drug-likeness (QED) is 0.0843. The van der Waals surface area contributed by atoms with Gasteiger partial charge in [-0.2, -0.15) is 0 Å². The fourth-order valence-corrected chi connectivity index (χ4v) is 8.71. The summed E-state index contributed by atoms with van der Waals surface area (Å²) in [5.41, 5.74) is 4.79. The predicted octanol–water partition coefficient (Wildman–Crippen LogP) is 4.04. The van der Waals surface area contributed by atoms with Crippen molar-refractivity contribution in [2.75, 3.05) is 26.3 Å². The zero-order chi connectivity index (χ0) is 34.8. The van der Waals surface area contributed by atoms with Crippen LogP contribution in [0.1, 0.15) is 92.4 Å². The van der Waals surface area contributed by atoms with Crippen molar-refractivity contribution in [1.29, 1.82) is 0 Å². The highest BCUT2D eigenvalue weighted by molar-refractivity contribution is 6.33. The number of esters is 1. The fourth-order valence-electron chi connectivity index (χ4n) is 8.71. The van der Waals surface area contributed by atoms with E-state index in [1.165, 1.54) is 0 Å². The number of epoxide rings is 1. The average molecular weight is 674 g/mol. The molecule has 0 bridgehead atoms. The van der Waals surface area contributed by atoms with E-state index in [4.69, 9.17) is 15.2 Å². The van der Waals surface area contributed by atoms with Crippen molar-refractivity contribution in [3.05, 3.63) is 82.2 Å². The van der Waals surface area contributed by atoms with Crippen molar-refractivity contribution >= 4 is 17.5 Å². The topological polar surface area (TPSA) is 164 Å². The van der Waals surface area contributed by atoms with Gasteiger partial charge >= 0.3 is 5.97 Å². The number of ketones is 2. The first kappa shape index (κ1) is 35.3. The van der Waals surface area contributed by atoms with Crippen LogP contribution in [0.2, 0.25) is 0 Å². The molecule has 2 fully saturated rings. The SMILES string of the molecule is CCNC1CC2C=CCCC2CC1C(CCCO)OC(=O)C12OC1(CC(CO)=C(C)CCC1=CCNC(N)=C1)C(=O)c1ccccc1C2=O. The summed E-state index contributed by atoms with van der Waals surface area (Å²) in [6.45, 7) is 4.94. The molecule has 3 aliphatic carbocycles. The molecule has 1 saturated heterocycles. The lowest BCUT2D eigenvalue weighted by Gasteiger charge is -2.45. The van der Waals surface area contributed by atoms with Crippen LogP contribution in [0.5, 0.6) is 0 Å². The smallest absolute Gasteiger partial charge is 0.350 e. The molecule has 1 saturated carbocycles. The number of carbonyl (C=O) groups excluding carboxylic acids is 3. The molecular weight excluding hydrogens is 622 g/mol. The molecular formula is C39H51N3O7. The van der Waals surface area contributed by atoms with Gasteiger partial charge in [0, 0.05) is 42.7 Å². The second-order valence-electron chi connectivity index (χ2n) is 14.3. The van der Waals surface area contributed by atoms with E-state index >= 15 is 0 Å². The number of ether oxygens (including phenoxy) is 2. The van der Waals surface area contributed by atoms with Crippen LogP contribution in [0.15, 0.2) is 71.1 Å². The minimum absolute atomic E-state index is 0.0306. The molecule has 264 valence electrons. The van der Waals surface area contributed by atoms with E-state index in [1.54, 1.807) is 24.3 Å². The summed E-state index contributed by atoms with van der Waals surface area (Å²) >= 11 is 0. The Labute approximate surface area is 288 Å². The number of nitrogens with two attached hydrogens (primary N) is 1. The largest absolute Gasteiger partial charge is 0.459 e. The molecule has 6 rings (SSSR count). The van der Waals surface area contributed by atoms with Crippen LogP contribution in [-0.4, -0.2) is 77.4 Å². The Balaban J connectivity index is 1.31. The first-order chi connectivity index (χ1) is 23.7. The Hall–Kier alpha value is -3.57. The molecule has 7 atom stereocenters. The van der Waals surface area contributed by atoms with Gasteiger partial charge in [0.15, 0.2) is 11.4 Å². The number of fused-ring (bicyclic) bond motifs is 3. The number of aliphatic hydroxyl groups is 2. The maximum absolute atomic E-state index is 14.6. The number of hydrogen-bond acceptors (Lipinski definition) is 10. The highest BCUT2D eigenvalue weighted by Gasteiger charge is 2.85. The zero-order valence-corrected chi connectivity index (χ0v) is 28.7. The van der Waals surface area contributed by atoms with E-state index in [1.807, 2.05) is 13.0 Å². The minimum Gasteiger partial charge on any atom is -0.459 e. The highest BCUT2D eigenvalue weighted by atomic mass is 16.7. The van der Waals surface area contributed by atoms with E-state index in [9.17, 15) is 24.6 Å². The fraction of sp³-hybridized carbons (Fsp3) is 0.564. The summed E-state index contributed by atoms with van der Waals surface area (Å²) in [7, 11) is 0. The second kappa shape index (κ2) is 14.7. The van der Waals surface area contributed by atoms with Gasteiger partial charge in [0.2, 0.25) is 5.78 Å². The zero-order valence-electron chi connectivity index (χ0n) is 28.7. The van der Waals surface area contributed by atoms with Gasteiger partial charge in [-0.25, -0.2) is 4.79 Å². The van der Waals surface area contributed by atoms with Crippen molar-refractivity contribution in [2.45, 2.75) is 95.0 Å². The molecule has 1 aromatic rings. The van der Waals surface area contributed by atoms with Crippen molar-refractivity contribution in [3.63, 3.8) is 0 Å². The van der Waals surface area contributed by atoms with Crippen LogP contribution in [0, 0.1) is 17.8 Å². The number of hydrogen-bond donors (Lipinski definition) is 5. The first-order valence-electron chi connectivity index (χ1n) is 18.0. The summed E-state index contributed by atoms with van der Waals surface area (Å²) in [5.74, 6) is -0.418. The number of rotatable bonds is 14. The number of benzene rings is 1. The molecule has 0 amide bonds. The van der Waals surface area contributed by atoms with Crippen LogP contribution in [0.25, 0.3) is 0 Å². The number of allylic oxidation sites excluding steroid dienone is 5. The number of Topliss-reactive ketones (excluding diaryl/α,β-unsaturated/α-hetero) is 2. The molecule has 2 aliphatic heterocycles. The van der Waals surface area contributed by atoms with Crippen LogP contribution >= 0.6 is 0 Å². The van der Waals surface area contributed by atoms with Crippen molar-refractivity contribution < 1.29 is 34.1 Å². The van der Waals surface area contributed by atoms with Crippen LogP contribution in [-0.2, 0) is 14.3 Å². The molecule has 6 N–H and O–H groups in total. The third-order valence-corrected chi connectivity index (χ3v) is 11.5. The molecule has 10 heteroatoms. The van der Waals surface area contributed by atoms with Crippen molar-refractivity contribution in [1.82, 2.24) is 10.6 Å². The molecule has 49 heavy (non-hydrogen) atoms. The molecule has 0 aromatic heterocycles. The molecule has 0 radical (unpaired) electrons. The van der Waals surface area contributed by atoms with E-state index in [0.29, 0.717) is 55.5 Å². The Kier molecular flexibility index (Phi) is 10.6. The molecule has 2 heterocycles. The molecule has 10 nitrogen and oxygen atoms in total. The predicted molar refractivity (Wildman–Crippen MR) is 185 cm³/mol. The van der Waals surface area contributed by atoms with Crippen LogP contribution < -0.4 is 16.4 Å². The van der Waals surface area contributed by atoms with Gasteiger partial charge in [-0.3, -0.25) is 9.59 Å². The van der Waals surface area contributed by atoms with Crippen molar-refractivity contribution in [3.8, 4) is 0 Å². The number of nitrogens with one attached hydrogen (secondary N) is 2. The normalized spacial score (nSPS) is 31.3. The molecule has 5 aliphatic rings. The van der Waals surface area contributed by atoms with Crippen LogP contribution in [0.3, 0.4) is 0 Å². The van der Waals surface area contributed by atoms with Gasteiger partial charge in [0.1, 0.15) is 6.10 Å². The van der Waals surface area contributed by atoms with E-state index in [0.717, 1.165) is 43.4 Å². The molecule has 1 aromatic carbocycles. The standard InChI is InChI=1S/C39H51N3O7/c1-3-41-32-21-27-10-5-4-9-26(27)20-31(32)33(13-8-18-43)48-37(47)39-36(46)30-12-7-6-11-29(30)35(45)38(39,49-39)22-28(23-44)24(2)14-15-25-16-17-42-34(40)19-25/h5-7,10-12,16,19,26-27,31-33,41-44H,3-4,8-9,13-15,17-18,20-23,40H2,1-2H3. The summed E-state index contributed by atoms with van der Waals surface area (Å²) < 4.78 is 12.6. The lowest BCUT2D eigenvalue weighted by atomic mass is 9.66. The van der Waals surface area contributed by atoms with Gasteiger partial charge < -0.3 is 36.1 Å². The third-order valence-electron chi connectivity index (χ3n) is 11.5. The Morgan fingerprint density at radius 1 is 1.18 bits per heavy atom. The lowest BCUT2D eigenvalue weighted by Crippen LogP contribution is -2.54. The summed E-state index contributed by atoms with van der Waals surface area (Å²) in [6, 6.07) is 6.59. The Morgan fingerprint density at radius 2 is 1.96 bits per heavy atom. The average Bonchev–Trinajstić information content (AvgIpc) is 3.82. The summed E-state index contributed by atoms with van der Waals surface area (Å²) in [6.07, 6.45) is 13.8. The van der Waals surface area contributed by atoms with E-state index in [2.05, 4.69) is 35.8 Å². The molecule has 7 unspecified atom stereocenters. The van der Waals surface area contributed by atoms with Crippen LogP contribution in [0.4, 0.5) is 0 Å². The van der Waals surface area contributed by atoms with Gasteiger partial charge in [-0.05, 0) is 93.9 Å². The third kappa shape index (κ3) is 6.56. The Bertz CT molecular complexity index is 1580. The van der Waals surface area contributed by atoms with Gasteiger partial charge in [-0.1, -0.05) is 55.0 Å². The summed E-state index contributed by atoms with van der Waals surface area (Å²) in [5, 5.41) is 27.1. The number of aliphatic hydroxyl groups excluding tert-OH is 2. The first-order valence-corrected chi connectivity index (χ1v) is 18.0. The van der Waals surface area contributed by atoms with E-state index in [-0.39, 0.29) is 42.7 Å². The number of dihydropyridines is 1. The monoisotopic (exact) mass is 673 g/mol. The van der Waals surface area contributed by atoms with E-state index < -0.39 is 34.8 Å². The number of carbonyl (C=O) groups is 3. The van der Waals surface area contributed by atoms with Gasteiger partial charge in [0.25, 0.3) is 5.60 Å². The second-order valence-corrected chi connectivity index (χ2v) is 14.3.